The van der Waals surface area contributed by atoms with Crippen molar-refractivity contribution in [2.75, 3.05) is 18.5 Å². The molecule has 0 saturated heterocycles. The molecule has 0 aliphatic carbocycles. The summed E-state index contributed by atoms with van der Waals surface area (Å²) in [4.78, 5) is 2.18. The Kier molecular flexibility index (Phi) is 3.38. The van der Waals surface area contributed by atoms with E-state index in [0.717, 1.165) is 10.3 Å². The lowest BCUT2D eigenvalue weighted by molar-refractivity contribution is 0.520. The van der Waals surface area contributed by atoms with Crippen LogP contribution < -0.4 is 10.6 Å². The zero-order valence-corrected chi connectivity index (χ0v) is 10.6. The van der Waals surface area contributed by atoms with Gasteiger partial charge in [0.1, 0.15) is 0 Å². The summed E-state index contributed by atoms with van der Waals surface area (Å²) in [5, 5.41) is 1.24. The molecule has 0 aliphatic heterocycles. The van der Waals surface area contributed by atoms with Crippen molar-refractivity contribution < 1.29 is 0 Å². The quantitative estimate of drug-likeness (QED) is 0.908. The van der Waals surface area contributed by atoms with Crippen molar-refractivity contribution in [2.45, 2.75) is 19.4 Å². The molecule has 0 aromatic carbocycles. The number of halogens is 1. The monoisotopic (exact) mass is 262 g/mol. The van der Waals surface area contributed by atoms with Crippen molar-refractivity contribution in [1.29, 1.82) is 0 Å². The van der Waals surface area contributed by atoms with E-state index in [9.17, 15) is 0 Å². The van der Waals surface area contributed by atoms with Crippen LogP contribution in [0.3, 0.4) is 0 Å². The molecule has 4 heteroatoms. The number of hydrogen-bond donors (Lipinski definition) is 1. The lowest BCUT2D eigenvalue weighted by Crippen LogP contribution is -2.43. The van der Waals surface area contributed by atoms with Crippen LogP contribution in [0.25, 0.3) is 0 Å². The Labute approximate surface area is 91.9 Å². The fourth-order valence-electron chi connectivity index (χ4n) is 1.20. The summed E-state index contributed by atoms with van der Waals surface area (Å²) in [5.74, 6) is 0. The minimum absolute atomic E-state index is 0.148. The van der Waals surface area contributed by atoms with Gasteiger partial charge < -0.3 is 10.6 Å². The third-order valence-corrected chi connectivity index (χ3v) is 3.32. The molecule has 0 atom stereocenters. The van der Waals surface area contributed by atoms with Gasteiger partial charge in [0.2, 0.25) is 0 Å². The highest BCUT2D eigenvalue weighted by Gasteiger charge is 2.15. The maximum atomic E-state index is 5.93. The molecular weight excluding hydrogens is 248 g/mol. The molecule has 0 spiro atoms. The van der Waals surface area contributed by atoms with Gasteiger partial charge in [-0.05, 0) is 41.9 Å². The predicted molar refractivity (Wildman–Crippen MR) is 63.6 cm³/mol. The third kappa shape index (κ3) is 3.67. The Bertz CT molecular complexity index is 277. The molecule has 1 aromatic heterocycles. The minimum atomic E-state index is -0.148. The summed E-state index contributed by atoms with van der Waals surface area (Å²) in [5.41, 5.74) is 5.78. The van der Waals surface area contributed by atoms with Crippen LogP contribution in [0.2, 0.25) is 0 Å². The maximum absolute atomic E-state index is 5.93. The molecule has 2 nitrogen and oxygen atoms in total. The second-order valence-corrected chi connectivity index (χ2v) is 6.36. The zero-order chi connectivity index (χ0) is 10.1. The van der Waals surface area contributed by atoms with Gasteiger partial charge in [-0.2, -0.15) is 0 Å². The topological polar surface area (TPSA) is 29.3 Å². The molecule has 0 radical (unpaired) electrons. The highest BCUT2D eigenvalue weighted by atomic mass is 79.9. The zero-order valence-electron chi connectivity index (χ0n) is 8.17. The van der Waals surface area contributed by atoms with E-state index < -0.39 is 0 Å². The molecule has 2 N–H and O–H groups in total. The van der Waals surface area contributed by atoms with E-state index in [1.807, 2.05) is 13.8 Å². The summed E-state index contributed by atoms with van der Waals surface area (Å²) in [6, 6.07) is 4.15. The Hall–Kier alpha value is -0.0600. The normalized spacial score (nSPS) is 11.8. The summed E-state index contributed by atoms with van der Waals surface area (Å²) in [7, 11) is 2.06. The van der Waals surface area contributed by atoms with E-state index in [1.165, 1.54) is 5.00 Å². The second kappa shape index (κ2) is 3.98. The molecule has 1 rings (SSSR count). The van der Waals surface area contributed by atoms with Crippen LogP contribution in [0.5, 0.6) is 0 Å². The fraction of sp³-hybridized carbons (Fsp3) is 0.556. The first-order chi connectivity index (χ1) is 5.88. The van der Waals surface area contributed by atoms with E-state index in [1.54, 1.807) is 11.3 Å². The molecule has 0 aliphatic rings. The molecule has 0 saturated carbocycles. The van der Waals surface area contributed by atoms with E-state index in [4.69, 9.17) is 5.73 Å². The van der Waals surface area contributed by atoms with Crippen molar-refractivity contribution in [3.8, 4) is 0 Å². The van der Waals surface area contributed by atoms with Crippen LogP contribution in [0.4, 0.5) is 5.00 Å². The highest BCUT2D eigenvalue weighted by Crippen LogP contribution is 2.29. The van der Waals surface area contributed by atoms with Crippen LogP contribution in [0.1, 0.15) is 13.8 Å². The van der Waals surface area contributed by atoms with Crippen LogP contribution in [0.15, 0.2) is 15.9 Å². The predicted octanol–water partition coefficient (Wildman–Crippen LogP) is 2.68. The lowest BCUT2D eigenvalue weighted by Gasteiger charge is -2.26. The number of hydrogen-bond acceptors (Lipinski definition) is 3. The van der Waals surface area contributed by atoms with E-state index in [0.29, 0.717) is 0 Å². The summed E-state index contributed by atoms with van der Waals surface area (Å²) in [6.07, 6.45) is 0. The van der Waals surface area contributed by atoms with Crippen LogP contribution in [-0.2, 0) is 0 Å². The molecule has 1 heterocycles. The van der Waals surface area contributed by atoms with Crippen LogP contribution in [0, 0.1) is 0 Å². The molecule has 0 unspecified atom stereocenters. The molecule has 0 amide bonds. The molecule has 1 aromatic rings. The van der Waals surface area contributed by atoms with E-state index in [-0.39, 0.29) is 5.54 Å². The number of anilines is 1. The van der Waals surface area contributed by atoms with Crippen molar-refractivity contribution in [3.63, 3.8) is 0 Å². The van der Waals surface area contributed by atoms with Crippen molar-refractivity contribution in [1.82, 2.24) is 0 Å². The van der Waals surface area contributed by atoms with Crippen molar-refractivity contribution in [2.24, 2.45) is 5.73 Å². The summed E-state index contributed by atoms with van der Waals surface area (Å²) < 4.78 is 1.16. The lowest BCUT2D eigenvalue weighted by atomic mass is 10.1. The number of likely N-dealkylation sites (N-methyl/N-ethyl adjacent to an activating group) is 1. The summed E-state index contributed by atoms with van der Waals surface area (Å²) >= 11 is 5.16. The average molecular weight is 263 g/mol. The van der Waals surface area contributed by atoms with Gasteiger partial charge in [0.15, 0.2) is 0 Å². The third-order valence-electron chi connectivity index (χ3n) is 1.58. The van der Waals surface area contributed by atoms with Gasteiger partial charge in [-0.1, -0.05) is 0 Å². The molecule has 0 fully saturated rings. The smallest absolute Gasteiger partial charge is 0.0918 e. The van der Waals surface area contributed by atoms with Gasteiger partial charge in [0.05, 0.1) is 8.79 Å². The summed E-state index contributed by atoms with van der Waals surface area (Å²) in [6.45, 7) is 4.93. The maximum Gasteiger partial charge on any atom is 0.0918 e. The first kappa shape index (κ1) is 11.0. The van der Waals surface area contributed by atoms with Gasteiger partial charge in [0.25, 0.3) is 0 Å². The van der Waals surface area contributed by atoms with Gasteiger partial charge >= 0.3 is 0 Å². The largest absolute Gasteiger partial charge is 0.365 e. The Morgan fingerprint density at radius 3 is 2.54 bits per heavy atom. The van der Waals surface area contributed by atoms with Crippen LogP contribution in [-0.4, -0.2) is 19.1 Å². The molecule has 74 valence electrons. The van der Waals surface area contributed by atoms with Gasteiger partial charge in [-0.25, -0.2) is 0 Å². The number of rotatable bonds is 3. The number of nitrogens with two attached hydrogens (primary N) is 1. The number of nitrogens with zero attached hydrogens (tertiary/aromatic N) is 1. The Morgan fingerprint density at radius 1 is 1.54 bits per heavy atom. The minimum Gasteiger partial charge on any atom is -0.365 e. The van der Waals surface area contributed by atoms with Crippen molar-refractivity contribution in [3.05, 3.63) is 15.9 Å². The Balaban J connectivity index is 2.64. The first-order valence-electron chi connectivity index (χ1n) is 4.14. The fourth-order valence-corrected chi connectivity index (χ4v) is 2.52. The molecule has 13 heavy (non-hydrogen) atoms. The molecule has 0 bridgehead atoms. The highest BCUT2D eigenvalue weighted by molar-refractivity contribution is 9.11. The number of thiophene rings is 1. The SMILES string of the molecule is CN(CC(C)(C)N)c1ccc(Br)s1. The van der Waals surface area contributed by atoms with E-state index in [2.05, 4.69) is 40.0 Å². The van der Waals surface area contributed by atoms with Gasteiger partial charge in [-0.3, -0.25) is 0 Å². The van der Waals surface area contributed by atoms with Crippen molar-refractivity contribution >= 4 is 32.3 Å². The van der Waals surface area contributed by atoms with E-state index >= 15 is 0 Å². The standard InChI is InChI=1S/C9H15BrN2S/c1-9(2,11)6-12(3)8-5-4-7(10)13-8/h4-5H,6,11H2,1-3H3. The Morgan fingerprint density at radius 2 is 2.15 bits per heavy atom. The van der Waals surface area contributed by atoms with Gasteiger partial charge in [0, 0.05) is 19.1 Å². The van der Waals surface area contributed by atoms with Crippen LogP contribution >= 0.6 is 27.3 Å². The second-order valence-electron chi connectivity index (χ2n) is 3.92. The average Bonchev–Trinajstić information content (AvgIpc) is 2.31. The molecular formula is C9H15BrN2S. The first-order valence-corrected chi connectivity index (χ1v) is 5.75. The van der Waals surface area contributed by atoms with Gasteiger partial charge in [-0.15, -0.1) is 11.3 Å².